The highest BCUT2D eigenvalue weighted by molar-refractivity contribution is 7.09. The van der Waals surface area contributed by atoms with Gasteiger partial charge in [-0.3, -0.25) is 14.9 Å². The number of esters is 1. The van der Waals surface area contributed by atoms with Crippen LogP contribution >= 0.6 is 11.3 Å². The van der Waals surface area contributed by atoms with Crippen molar-refractivity contribution in [3.8, 4) is 0 Å². The van der Waals surface area contributed by atoms with E-state index in [4.69, 9.17) is 4.74 Å². The SMILES string of the molecule is O=C(COC(=O)c1ccccc1C(=O)c1ccccc1)NC(=O)NCCc1cccs1. The predicted octanol–water partition coefficient (Wildman–Crippen LogP) is 3.20. The molecule has 0 radical (unpaired) electrons. The third kappa shape index (κ3) is 6.35. The summed E-state index contributed by atoms with van der Waals surface area (Å²) in [6, 6.07) is 17.9. The minimum absolute atomic E-state index is 0.0459. The molecule has 31 heavy (non-hydrogen) atoms. The molecule has 0 atom stereocenters. The third-order valence-corrected chi connectivity index (χ3v) is 5.19. The Balaban J connectivity index is 1.51. The van der Waals surface area contributed by atoms with Crippen LogP contribution in [0.3, 0.4) is 0 Å². The number of imide groups is 1. The van der Waals surface area contributed by atoms with Crippen LogP contribution in [0.5, 0.6) is 0 Å². The molecular weight excluding hydrogens is 416 g/mol. The van der Waals surface area contributed by atoms with Crippen molar-refractivity contribution in [2.45, 2.75) is 6.42 Å². The summed E-state index contributed by atoms with van der Waals surface area (Å²) in [6.45, 7) is -0.278. The number of rotatable bonds is 8. The fourth-order valence-electron chi connectivity index (χ4n) is 2.77. The molecular formula is C23H20N2O5S. The van der Waals surface area contributed by atoms with Gasteiger partial charge in [0.05, 0.1) is 5.56 Å². The van der Waals surface area contributed by atoms with Crippen molar-refractivity contribution in [2.24, 2.45) is 0 Å². The van der Waals surface area contributed by atoms with Gasteiger partial charge in [-0.1, -0.05) is 54.6 Å². The van der Waals surface area contributed by atoms with E-state index >= 15 is 0 Å². The van der Waals surface area contributed by atoms with Crippen molar-refractivity contribution in [3.05, 3.63) is 93.7 Å². The van der Waals surface area contributed by atoms with E-state index in [1.807, 2.05) is 17.5 Å². The number of nitrogens with one attached hydrogen (secondary N) is 2. The molecule has 8 heteroatoms. The Kier molecular flexibility index (Phi) is 7.67. The quantitative estimate of drug-likeness (QED) is 0.417. The largest absolute Gasteiger partial charge is 0.452 e. The van der Waals surface area contributed by atoms with Crippen molar-refractivity contribution < 1.29 is 23.9 Å². The number of carbonyl (C=O) groups is 4. The smallest absolute Gasteiger partial charge is 0.339 e. The Morgan fingerprint density at radius 1 is 0.839 bits per heavy atom. The van der Waals surface area contributed by atoms with Gasteiger partial charge in [-0.2, -0.15) is 0 Å². The van der Waals surface area contributed by atoms with E-state index in [0.29, 0.717) is 18.5 Å². The number of ketones is 1. The van der Waals surface area contributed by atoms with Gasteiger partial charge in [-0.25, -0.2) is 9.59 Å². The lowest BCUT2D eigenvalue weighted by atomic mass is 9.98. The van der Waals surface area contributed by atoms with Gasteiger partial charge in [0.15, 0.2) is 12.4 Å². The van der Waals surface area contributed by atoms with E-state index in [0.717, 1.165) is 4.88 Å². The average molecular weight is 436 g/mol. The molecule has 0 aliphatic rings. The molecule has 3 aromatic rings. The number of thiophene rings is 1. The van der Waals surface area contributed by atoms with E-state index in [1.54, 1.807) is 53.8 Å². The second-order valence-corrected chi connectivity index (χ2v) is 7.48. The van der Waals surface area contributed by atoms with E-state index in [1.165, 1.54) is 12.1 Å². The van der Waals surface area contributed by atoms with E-state index < -0.39 is 24.5 Å². The van der Waals surface area contributed by atoms with Crippen LogP contribution in [0.2, 0.25) is 0 Å². The molecule has 158 valence electrons. The monoisotopic (exact) mass is 436 g/mol. The first-order chi connectivity index (χ1) is 15.0. The van der Waals surface area contributed by atoms with Gasteiger partial charge in [0.25, 0.3) is 5.91 Å². The lowest BCUT2D eigenvalue weighted by Gasteiger charge is -2.10. The maximum Gasteiger partial charge on any atom is 0.339 e. The number of hydrogen-bond acceptors (Lipinski definition) is 6. The van der Waals surface area contributed by atoms with E-state index in [9.17, 15) is 19.2 Å². The Morgan fingerprint density at radius 3 is 2.26 bits per heavy atom. The molecule has 0 saturated carbocycles. The molecule has 1 aromatic heterocycles. The molecule has 2 aromatic carbocycles. The highest BCUT2D eigenvalue weighted by Crippen LogP contribution is 2.16. The van der Waals surface area contributed by atoms with E-state index in [2.05, 4.69) is 10.6 Å². The van der Waals surface area contributed by atoms with Gasteiger partial charge in [0, 0.05) is 22.5 Å². The molecule has 0 aliphatic heterocycles. The minimum Gasteiger partial charge on any atom is -0.452 e. The van der Waals surface area contributed by atoms with Crippen LogP contribution in [0.25, 0.3) is 0 Å². The Labute approximate surface area is 183 Å². The molecule has 0 saturated heterocycles. The molecule has 0 bridgehead atoms. The van der Waals surface area contributed by atoms with Crippen LogP contribution in [0.15, 0.2) is 72.1 Å². The Bertz CT molecular complexity index is 1060. The van der Waals surface area contributed by atoms with Gasteiger partial charge in [-0.05, 0) is 23.9 Å². The third-order valence-electron chi connectivity index (χ3n) is 4.25. The zero-order chi connectivity index (χ0) is 22.1. The number of ether oxygens (including phenoxy) is 1. The predicted molar refractivity (Wildman–Crippen MR) is 116 cm³/mol. The van der Waals surface area contributed by atoms with Crippen LogP contribution in [-0.4, -0.2) is 36.8 Å². The summed E-state index contributed by atoms with van der Waals surface area (Å²) in [5.41, 5.74) is 0.648. The number of hydrogen-bond donors (Lipinski definition) is 2. The fraction of sp³-hybridized carbons (Fsp3) is 0.130. The van der Waals surface area contributed by atoms with Crippen LogP contribution in [0.1, 0.15) is 31.2 Å². The van der Waals surface area contributed by atoms with Crippen molar-refractivity contribution in [2.75, 3.05) is 13.2 Å². The molecule has 7 nitrogen and oxygen atoms in total. The van der Waals surface area contributed by atoms with Gasteiger partial charge < -0.3 is 10.1 Å². The summed E-state index contributed by atoms with van der Waals surface area (Å²) < 4.78 is 5.00. The van der Waals surface area contributed by atoms with Crippen LogP contribution in [0.4, 0.5) is 4.79 Å². The Hall–Kier alpha value is -3.78. The first-order valence-corrected chi connectivity index (χ1v) is 10.4. The average Bonchev–Trinajstić information content (AvgIpc) is 3.31. The first-order valence-electron chi connectivity index (χ1n) is 9.50. The summed E-state index contributed by atoms with van der Waals surface area (Å²) in [5.74, 6) is -1.93. The van der Waals surface area contributed by atoms with Crippen LogP contribution < -0.4 is 10.6 Å². The second kappa shape index (κ2) is 10.8. The summed E-state index contributed by atoms with van der Waals surface area (Å²) in [4.78, 5) is 49.9. The van der Waals surface area contributed by atoms with Crippen molar-refractivity contribution in [1.82, 2.24) is 10.6 Å². The highest BCUT2D eigenvalue weighted by atomic mass is 32.1. The second-order valence-electron chi connectivity index (χ2n) is 6.45. The first kappa shape index (κ1) is 21.9. The Morgan fingerprint density at radius 2 is 1.55 bits per heavy atom. The van der Waals surface area contributed by atoms with Gasteiger partial charge in [0.1, 0.15) is 0 Å². The van der Waals surface area contributed by atoms with Crippen molar-refractivity contribution >= 4 is 35.0 Å². The van der Waals surface area contributed by atoms with Gasteiger partial charge in [-0.15, -0.1) is 11.3 Å². The van der Waals surface area contributed by atoms with Gasteiger partial charge in [0.2, 0.25) is 0 Å². The zero-order valence-electron chi connectivity index (χ0n) is 16.5. The summed E-state index contributed by atoms with van der Waals surface area (Å²) in [5, 5.41) is 6.61. The number of amides is 3. The molecule has 2 N–H and O–H groups in total. The van der Waals surface area contributed by atoms with Crippen molar-refractivity contribution in [1.29, 1.82) is 0 Å². The maximum atomic E-state index is 12.7. The minimum atomic E-state index is -0.826. The van der Waals surface area contributed by atoms with Crippen LogP contribution in [-0.2, 0) is 16.0 Å². The molecule has 0 spiro atoms. The molecule has 0 aliphatic carbocycles. The molecule has 0 fully saturated rings. The topological polar surface area (TPSA) is 102 Å². The van der Waals surface area contributed by atoms with Gasteiger partial charge >= 0.3 is 12.0 Å². The molecule has 3 rings (SSSR count). The van der Waals surface area contributed by atoms with E-state index in [-0.39, 0.29) is 16.9 Å². The number of urea groups is 1. The maximum absolute atomic E-state index is 12.7. The highest BCUT2D eigenvalue weighted by Gasteiger charge is 2.20. The summed E-state index contributed by atoms with van der Waals surface area (Å²) >= 11 is 1.58. The summed E-state index contributed by atoms with van der Waals surface area (Å²) in [7, 11) is 0. The number of benzene rings is 2. The standard InChI is InChI=1S/C23H20N2O5S/c26-20(25-23(29)24-13-12-17-9-6-14-31-17)15-30-22(28)19-11-5-4-10-18(19)21(27)16-7-2-1-3-8-16/h1-11,14H,12-13,15H2,(H2,24,25,26,29). The van der Waals surface area contributed by atoms with Crippen LogP contribution in [0, 0.1) is 0 Å². The lowest BCUT2D eigenvalue weighted by molar-refractivity contribution is -0.123. The molecule has 3 amide bonds. The summed E-state index contributed by atoms with van der Waals surface area (Å²) in [6.07, 6.45) is 0.653. The molecule has 0 unspecified atom stereocenters. The van der Waals surface area contributed by atoms with Crippen molar-refractivity contribution in [3.63, 3.8) is 0 Å². The normalized spacial score (nSPS) is 10.2. The molecule has 1 heterocycles. The fourth-order valence-corrected chi connectivity index (χ4v) is 3.48. The lowest BCUT2D eigenvalue weighted by Crippen LogP contribution is -2.42. The number of carbonyl (C=O) groups excluding carboxylic acids is 4. The zero-order valence-corrected chi connectivity index (χ0v) is 17.3.